The van der Waals surface area contributed by atoms with E-state index in [4.69, 9.17) is 0 Å². The average molecular weight is 303 g/mol. The van der Waals surface area contributed by atoms with E-state index in [0.717, 1.165) is 6.42 Å². The fourth-order valence-electron chi connectivity index (χ4n) is 2.75. The van der Waals surface area contributed by atoms with E-state index in [-0.39, 0.29) is 23.7 Å². The van der Waals surface area contributed by atoms with Gasteiger partial charge in [0.2, 0.25) is 0 Å². The van der Waals surface area contributed by atoms with Crippen molar-refractivity contribution in [1.29, 1.82) is 0 Å². The van der Waals surface area contributed by atoms with Gasteiger partial charge in [0, 0.05) is 18.0 Å². The van der Waals surface area contributed by atoms with Crippen molar-refractivity contribution in [3.8, 4) is 0 Å². The van der Waals surface area contributed by atoms with Gasteiger partial charge in [-0.1, -0.05) is 19.9 Å². The minimum absolute atomic E-state index is 0.0926. The van der Waals surface area contributed by atoms with Crippen LogP contribution < -0.4 is 0 Å². The molecule has 0 spiro atoms. The van der Waals surface area contributed by atoms with Crippen LogP contribution in [0.4, 0.5) is 0 Å². The largest absolute Gasteiger partial charge is 0.465 e. The fourth-order valence-corrected chi connectivity index (χ4v) is 2.75. The van der Waals surface area contributed by atoms with Gasteiger partial charge in [-0.3, -0.25) is 9.59 Å². The lowest BCUT2D eigenvalue weighted by molar-refractivity contribution is -0.125. The molecule has 1 aromatic rings. The van der Waals surface area contributed by atoms with Crippen molar-refractivity contribution in [3.05, 3.63) is 35.4 Å². The number of benzene rings is 1. The highest BCUT2D eigenvalue weighted by Crippen LogP contribution is 2.23. The molecule has 0 aromatic heterocycles. The predicted octanol–water partition coefficient (Wildman–Crippen LogP) is 2.30. The number of esters is 1. The van der Waals surface area contributed by atoms with Crippen LogP contribution >= 0.6 is 0 Å². The van der Waals surface area contributed by atoms with Gasteiger partial charge in [0.05, 0.1) is 18.7 Å². The molecule has 1 saturated heterocycles. The molecule has 1 amide bonds. The Kier molecular flexibility index (Phi) is 4.96. The summed E-state index contributed by atoms with van der Waals surface area (Å²) in [4.78, 5) is 38.1. The van der Waals surface area contributed by atoms with Crippen LogP contribution in [0.3, 0.4) is 0 Å². The Balaban J connectivity index is 2.24. The zero-order chi connectivity index (χ0) is 16.3. The zero-order valence-corrected chi connectivity index (χ0v) is 13.2. The Morgan fingerprint density at radius 1 is 1.23 bits per heavy atom. The number of hydrogen-bond donors (Lipinski definition) is 0. The monoisotopic (exact) mass is 303 g/mol. The number of methoxy groups -OCH3 is 1. The molecular formula is C17H21NO4. The summed E-state index contributed by atoms with van der Waals surface area (Å²) in [6.45, 7) is 4.27. The lowest BCUT2D eigenvalue weighted by Gasteiger charge is -2.25. The second-order valence-corrected chi connectivity index (χ2v) is 5.79. The van der Waals surface area contributed by atoms with Gasteiger partial charge in [0.1, 0.15) is 0 Å². The quantitative estimate of drug-likeness (QED) is 0.801. The maximum atomic E-state index is 12.7. The third-order valence-corrected chi connectivity index (χ3v) is 3.94. The molecule has 0 N–H and O–H groups in total. The summed E-state index contributed by atoms with van der Waals surface area (Å²) in [5.41, 5.74) is 0.741. The summed E-state index contributed by atoms with van der Waals surface area (Å²) in [5.74, 6) is -0.692. The number of likely N-dealkylation sites (tertiary alicyclic amines) is 1. The van der Waals surface area contributed by atoms with Crippen molar-refractivity contribution in [3.63, 3.8) is 0 Å². The summed E-state index contributed by atoms with van der Waals surface area (Å²) in [6, 6.07) is 6.07. The van der Waals surface area contributed by atoms with E-state index in [1.165, 1.54) is 13.2 Å². The van der Waals surface area contributed by atoms with Crippen LogP contribution in [0.25, 0.3) is 0 Å². The number of carbonyl (C=O) groups is 3. The molecule has 0 aliphatic carbocycles. The van der Waals surface area contributed by atoms with Gasteiger partial charge in [-0.15, -0.1) is 0 Å². The minimum Gasteiger partial charge on any atom is -0.465 e. The van der Waals surface area contributed by atoms with E-state index in [2.05, 4.69) is 4.74 Å². The Labute approximate surface area is 130 Å². The summed E-state index contributed by atoms with van der Waals surface area (Å²) in [5, 5.41) is 0. The number of nitrogens with zero attached hydrogens (tertiary/aromatic N) is 1. The van der Waals surface area contributed by atoms with E-state index in [9.17, 15) is 14.4 Å². The first-order valence-electron chi connectivity index (χ1n) is 7.48. The maximum absolute atomic E-state index is 12.7. The van der Waals surface area contributed by atoms with Crippen LogP contribution in [0, 0.1) is 5.92 Å². The molecule has 1 aliphatic heterocycles. The Morgan fingerprint density at radius 3 is 2.55 bits per heavy atom. The second kappa shape index (κ2) is 6.73. The molecule has 0 bridgehead atoms. The number of rotatable bonds is 4. The molecule has 22 heavy (non-hydrogen) atoms. The highest BCUT2D eigenvalue weighted by molar-refractivity contribution is 6.00. The van der Waals surface area contributed by atoms with Crippen molar-refractivity contribution in [1.82, 2.24) is 4.90 Å². The van der Waals surface area contributed by atoms with Crippen molar-refractivity contribution < 1.29 is 19.1 Å². The first-order chi connectivity index (χ1) is 10.5. The molecule has 1 atom stereocenters. The predicted molar refractivity (Wildman–Crippen MR) is 81.7 cm³/mol. The molecular weight excluding hydrogens is 282 g/mol. The van der Waals surface area contributed by atoms with E-state index in [1.54, 1.807) is 23.1 Å². The lowest BCUT2D eigenvalue weighted by Crippen LogP contribution is -2.42. The van der Waals surface area contributed by atoms with Crippen LogP contribution in [0.15, 0.2) is 24.3 Å². The first kappa shape index (κ1) is 16.2. The van der Waals surface area contributed by atoms with Crippen molar-refractivity contribution in [2.24, 2.45) is 5.92 Å². The lowest BCUT2D eigenvalue weighted by atomic mass is 9.99. The molecule has 1 fully saturated rings. The second-order valence-electron chi connectivity index (χ2n) is 5.79. The number of ether oxygens (including phenoxy) is 1. The van der Waals surface area contributed by atoms with E-state index >= 15 is 0 Å². The van der Waals surface area contributed by atoms with E-state index in [1.807, 2.05) is 13.8 Å². The SMILES string of the molecule is COC(=O)c1cccc(C(=O)N2CCC[C@H]2C(=O)C(C)C)c1. The van der Waals surface area contributed by atoms with Gasteiger partial charge in [0.25, 0.3) is 5.91 Å². The molecule has 118 valence electrons. The third kappa shape index (κ3) is 3.18. The van der Waals surface area contributed by atoms with E-state index < -0.39 is 5.97 Å². The molecule has 5 nitrogen and oxygen atoms in total. The normalized spacial score (nSPS) is 17.6. The van der Waals surface area contributed by atoms with Crippen LogP contribution in [-0.2, 0) is 9.53 Å². The number of amides is 1. The van der Waals surface area contributed by atoms with Gasteiger partial charge >= 0.3 is 5.97 Å². The van der Waals surface area contributed by atoms with E-state index in [0.29, 0.717) is 24.1 Å². The molecule has 0 unspecified atom stereocenters. The van der Waals surface area contributed by atoms with Gasteiger partial charge < -0.3 is 9.64 Å². The zero-order valence-electron chi connectivity index (χ0n) is 13.2. The van der Waals surface area contributed by atoms with Crippen LogP contribution in [0.2, 0.25) is 0 Å². The minimum atomic E-state index is -0.481. The number of carbonyl (C=O) groups excluding carboxylic acids is 3. The standard InChI is InChI=1S/C17H21NO4/c1-11(2)15(19)14-8-5-9-18(14)16(20)12-6-4-7-13(10-12)17(21)22-3/h4,6-7,10-11,14H,5,8-9H2,1-3H3/t14-/m0/s1. The maximum Gasteiger partial charge on any atom is 0.337 e. The molecule has 1 heterocycles. The molecule has 0 saturated carbocycles. The van der Waals surface area contributed by atoms with Crippen LogP contribution in [0.1, 0.15) is 47.4 Å². The topological polar surface area (TPSA) is 63.7 Å². The number of hydrogen-bond acceptors (Lipinski definition) is 4. The molecule has 1 aromatic carbocycles. The molecule has 2 rings (SSSR count). The van der Waals surface area contributed by atoms with Crippen molar-refractivity contribution in [2.45, 2.75) is 32.7 Å². The van der Waals surface area contributed by atoms with Gasteiger partial charge in [0.15, 0.2) is 5.78 Å². The molecule has 0 radical (unpaired) electrons. The first-order valence-corrected chi connectivity index (χ1v) is 7.48. The number of Topliss-reactive ketones (excluding diaryl/α,β-unsaturated/α-hetero) is 1. The Hall–Kier alpha value is -2.17. The summed E-state index contributed by atoms with van der Waals surface area (Å²) in [6.07, 6.45) is 1.53. The highest BCUT2D eigenvalue weighted by atomic mass is 16.5. The van der Waals surface area contributed by atoms with Gasteiger partial charge in [-0.05, 0) is 31.0 Å². The fraction of sp³-hybridized carbons (Fsp3) is 0.471. The van der Waals surface area contributed by atoms with Crippen LogP contribution in [-0.4, -0.2) is 42.3 Å². The summed E-state index contributed by atoms with van der Waals surface area (Å²) < 4.78 is 4.67. The summed E-state index contributed by atoms with van der Waals surface area (Å²) in [7, 11) is 1.30. The van der Waals surface area contributed by atoms with Gasteiger partial charge in [-0.25, -0.2) is 4.79 Å². The summed E-state index contributed by atoms with van der Waals surface area (Å²) >= 11 is 0. The Bertz CT molecular complexity index is 594. The van der Waals surface area contributed by atoms with Crippen molar-refractivity contribution >= 4 is 17.7 Å². The molecule has 1 aliphatic rings. The third-order valence-electron chi connectivity index (χ3n) is 3.94. The van der Waals surface area contributed by atoms with Crippen molar-refractivity contribution in [2.75, 3.05) is 13.7 Å². The van der Waals surface area contributed by atoms with Gasteiger partial charge in [-0.2, -0.15) is 0 Å². The smallest absolute Gasteiger partial charge is 0.337 e. The number of ketones is 1. The average Bonchev–Trinajstić information content (AvgIpc) is 3.01. The Morgan fingerprint density at radius 2 is 1.91 bits per heavy atom. The van der Waals surface area contributed by atoms with Crippen LogP contribution in [0.5, 0.6) is 0 Å². The highest BCUT2D eigenvalue weighted by Gasteiger charge is 2.35. The molecule has 5 heteroatoms.